The highest BCUT2D eigenvalue weighted by Crippen LogP contribution is 2.38. The molecule has 0 saturated carbocycles. The van der Waals surface area contributed by atoms with Crippen molar-refractivity contribution in [1.29, 1.82) is 0 Å². The Morgan fingerprint density at radius 1 is 1.18 bits per heavy atom. The molecule has 0 unspecified atom stereocenters. The fourth-order valence-electron chi connectivity index (χ4n) is 2.86. The number of methoxy groups -OCH3 is 2. The van der Waals surface area contributed by atoms with E-state index in [4.69, 9.17) is 21.1 Å². The molecule has 28 heavy (non-hydrogen) atoms. The number of aryl methyl sites for hydroxylation is 1. The van der Waals surface area contributed by atoms with Gasteiger partial charge in [0, 0.05) is 23.8 Å². The number of benzene rings is 1. The van der Waals surface area contributed by atoms with Crippen LogP contribution in [0.5, 0.6) is 11.5 Å². The lowest BCUT2D eigenvalue weighted by molar-refractivity contribution is 0.354. The van der Waals surface area contributed by atoms with Gasteiger partial charge in [-0.05, 0) is 30.7 Å². The number of rotatable bonds is 6. The second-order valence-electron chi connectivity index (χ2n) is 6.02. The van der Waals surface area contributed by atoms with Crippen LogP contribution in [0.4, 0.5) is 5.82 Å². The van der Waals surface area contributed by atoms with E-state index in [1.165, 1.54) is 11.3 Å². The summed E-state index contributed by atoms with van der Waals surface area (Å²) in [6.07, 6.45) is 3.50. The largest absolute Gasteiger partial charge is 0.493 e. The van der Waals surface area contributed by atoms with Crippen LogP contribution >= 0.6 is 22.9 Å². The van der Waals surface area contributed by atoms with Crippen LogP contribution in [0.2, 0.25) is 5.02 Å². The van der Waals surface area contributed by atoms with Crippen LogP contribution in [-0.2, 0) is 6.54 Å². The van der Waals surface area contributed by atoms with Crippen LogP contribution in [0.15, 0.2) is 36.7 Å². The minimum absolute atomic E-state index is 0.491. The predicted molar refractivity (Wildman–Crippen MR) is 111 cm³/mol. The van der Waals surface area contributed by atoms with Crippen LogP contribution < -0.4 is 14.8 Å². The van der Waals surface area contributed by atoms with Gasteiger partial charge in [0.25, 0.3) is 5.95 Å². The summed E-state index contributed by atoms with van der Waals surface area (Å²) < 4.78 is 12.3. The topological polar surface area (TPSA) is 74.1 Å². The molecule has 0 atom stereocenters. The summed E-state index contributed by atoms with van der Waals surface area (Å²) in [4.78, 5) is 11.1. The number of ether oxygens (including phenoxy) is 2. The van der Waals surface area contributed by atoms with E-state index in [9.17, 15) is 0 Å². The van der Waals surface area contributed by atoms with Gasteiger partial charge in [-0.15, -0.1) is 11.3 Å². The zero-order valence-electron chi connectivity index (χ0n) is 15.6. The molecule has 0 fully saturated rings. The standard InChI is InChI=1S/C19H18ClN5O2S/c1-11-16(20)15-17(21-10-12-5-6-13(26-2)14(9-12)27-3)23-19(24-18(15)28-11)25-8-4-7-22-25/h4-9H,10H2,1-3H3,(H,21,23,24). The van der Waals surface area contributed by atoms with Crippen molar-refractivity contribution >= 4 is 39.0 Å². The first-order valence-electron chi connectivity index (χ1n) is 8.52. The van der Waals surface area contributed by atoms with Crippen LogP contribution in [0.1, 0.15) is 10.4 Å². The molecule has 1 N–H and O–H groups in total. The van der Waals surface area contributed by atoms with E-state index in [0.29, 0.717) is 34.8 Å². The number of aromatic nitrogens is 4. The monoisotopic (exact) mass is 415 g/mol. The molecule has 3 heterocycles. The molecule has 0 aliphatic carbocycles. The molecule has 0 amide bonds. The van der Waals surface area contributed by atoms with Gasteiger partial charge in [0.15, 0.2) is 11.5 Å². The minimum Gasteiger partial charge on any atom is -0.493 e. The van der Waals surface area contributed by atoms with Crippen molar-refractivity contribution in [2.75, 3.05) is 19.5 Å². The second kappa shape index (κ2) is 7.65. The first-order valence-corrected chi connectivity index (χ1v) is 9.71. The SMILES string of the molecule is COc1ccc(CNc2nc(-n3cccn3)nc3sc(C)c(Cl)c23)cc1OC. The van der Waals surface area contributed by atoms with Gasteiger partial charge in [0.2, 0.25) is 0 Å². The number of fused-ring (bicyclic) bond motifs is 1. The van der Waals surface area contributed by atoms with E-state index in [-0.39, 0.29) is 0 Å². The van der Waals surface area contributed by atoms with Gasteiger partial charge in [-0.1, -0.05) is 17.7 Å². The van der Waals surface area contributed by atoms with Crippen molar-refractivity contribution in [3.63, 3.8) is 0 Å². The van der Waals surface area contributed by atoms with E-state index < -0.39 is 0 Å². The Hall–Kier alpha value is -2.84. The Morgan fingerprint density at radius 3 is 2.71 bits per heavy atom. The average Bonchev–Trinajstić information content (AvgIpc) is 3.34. The second-order valence-corrected chi connectivity index (χ2v) is 7.60. The van der Waals surface area contributed by atoms with E-state index >= 15 is 0 Å². The Balaban J connectivity index is 1.71. The highest BCUT2D eigenvalue weighted by molar-refractivity contribution is 7.19. The van der Waals surface area contributed by atoms with Crippen LogP contribution in [0.25, 0.3) is 16.2 Å². The van der Waals surface area contributed by atoms with Crippen LogP contribution in [0.3, 0.4) is 0 Å². The Bertz CT molecular complexity index is 1130. The highest BCUT2D eigenvalue weighted by Gasteiger charge is 2.17. The van der Waals surface area contributed by atoms with Crippen molar-refractivity contribution in [3.8, 4) is 17.4 Å². The number of hydrogen-bond donors (Lipinski definition) is 1. The number of halogens is 1. The van der Waals surface area contributed by atoms with E-state index in [1.807, 2.05) is 31.2 Å². The van der Waals surface area contributed by atoms with Gasteiger partial charge in [-0.3, -0.25) is 0 Å². The number of nitrogens with zero attached hydrogens (tertiary/aromatic N) is 4. The molecule has 4 aromatic rings. The Labute approximate surface area is 170 Å². The molecule has 144 valence electrons. The molecule has 0 aliphatic rings. The van der Waals surface area contributed by atoms with Crippen LogP contribution in [0, 0.1) is 6.92 Å². The smallest absolute Gasteiger partial charge is 0.253 e. The summed E-state index contributed by atoms with van der Waals surface area (Å²) in [5.74, 6) is 2.52. The number of anilines is 1. The molecule has 9 heteroatoms. The van der Waals surface area contributed by atoms with E-state index in [0.717, 1.165) is 20.7 Å². The molecule has 0 radical (unpaired) electrons. The zero-order chi connectivity index (χ0) is 19.7. The fraction of sp³-hybridized carbons (Fsp3) is 0.211. The molecule has 0 aliphatic heterocycles. The zero-order valence-corrected chi connectivity index (χ0v) is 17.1. The maximum atomic E-state index is 6.52. The van der Waals surface area contributed by atoms with Gasteiger partial charge < -0.3 is 14.8 Å². The summed E-state index contributed by atoms with van der Waals surface area (Å²) in [6, 6.07) is 7.61. The lowest BCUT2D eigenvalue weighted by Gasteiger charge is -2.12. The molecule has 0 saturated heterocycles. The van der Waals surface area contributed by atoms with E-state index in [2.05, 4.69) is 20.4 Å². The molecule has 3 aromatic heterocycles. The van der Waals surface area contributed by atoms with Gasteiger partial charge in [-0.25, -0.2) is 4.68 Å². The summed E-state index contributed by atoms with van der Waals surface area (Å²) >= 11 is 8.06. The lowest BCUT2D eigenvalue weighted by atomic mass is 10.2. The molecular weight excluding hydrogens is 398 g/mol. The van der Waals surface area contributed by atoms with Crippen molar-refractivity contribution < 1.29 is 9.47 Å². The van der Waals surface area contributed by atoms with Crippen molar-refractivity contribution in [1.82, 2.24) is 19.7 Å². The first kappa shape index (κ1) is 18.5. The lowest BCUT2D eigenvalue weighted by Crippen LogP contribution is -2.07. The predicted octanol–water partition coefficient (Wildman–Crippen LogP) is 4.47. The maximum absolute atomic E-state index is 6.52. The van der Waals surface area contributed by atoms with Gasteiger partial charge in [0.1, 0.15) is 10.6 Å². The first-order chi connectivity index (χ1) is 13.6. The van der Waals surface area contributed by atoms with Crippen molar-refractivity contribution in [2.45, 2.75) is 13.5 Å². The maximum Gasteiger partial charge on any atom is 0.253 e. The third-order valence-corrected chi connectivity index (χ3v) is 5.84. The number of nitrogens with one attached hydrogen (secondary N) is 1. The number of thiophene rings is 1. The Kier molecular flexibility index (Phi) is 5.06. The van der Waals surface area contributed by atoms with Crippen molar-refractivity contribution in [2.24, 2.45) is 0 Å². The van der Waals surface area contributed by atoms with Gasteiger partial charge in [0.05, 0.1) is 24.6 Å². The summed E-state index contributed by atoms with van der Waals surface area (Å²) in [6.45, 7) is 2.51. The highest BCUT2D eigenvalue weighted by atomic mass is 35.5. The molecule has 7 nitrogen and oxygen atoms in total. The van der Waals surface area contributed by atoms with Gasteiger partial charge in [-0.2, -0.15) is 15.1 Å². The average molecular weight is 416 g/mol. The molecule has 1 aromatic carbocycles. The van der Waals surface area contributed by atoms with Gasteiger partial charge >= 0.3 is 0 Å². The third kappa shape index (κ3) is 3.36. The van der Waals surface area contributed by atoms with E-state index in [1.54, 1.807) is 31.3 Å². The molecular formula is C19H18ClN5O2S. The summed E-state index contributed by atoms with van der Waals surface area (Å²) in [7, 11) is 3.23. The third-order valence-electron chi connectivity index (χ3n) is 4.26. The molecule has 0 spiro atoms. The van der Waals surface area contributed by atoms with Crippen molar-refractivity contribution in [3.05, 3.63) is 52.1 Å². The summed E-state index contributed by atoms with van der Waals surface area (Å²) in [5.41, 5.74) is 1.02. The van der Waals surface area contributed by atoms with Crippen LogP contribution in [-0.4, -0.2) is 34.0 Å². The number of hydrogen-bond acceptors (Lipinski definition) is 7. The molecule has 4 rings (SSSR count). The quantitative estimate of drug-likeness (QED) is 0.501. The minimum atomic E-state index is 0.491. The normalized spacial score (nSPS) is 11.0. The summed E-state index contributed by atoms with van der Waals surface area (Å²) in [5, 5.41) is 9.10. The Morgan fingerprint density at radius 2 is 2.00 bits per heavy atom. The molecule has 0 bridgehead atoms. The fourth-order valence-corrected chi connectivity index (χ4v) is 4.12.